The van der Waals surface area contributed by atoms with Crippen LogP contribution in [-0.2, 0) is 12.7 Å². The molecule has 0 spiro atoms. The van der Waals surface area contributed by atoms with Crippen LogP contribution >= 0.6 is 0 Å². The van der Waals surface area contributed by atoms with Crippen molar-refractivity contribution in [3.8, 4) is 0 Å². The first kappa shape index (κ1) is 15.1. The van der Waals surface area contributed by atoms with Gasteiger partial charge in [-0.3, -0.25) is 0 Å². The number of rotatable bonds is 2. The van der Waals surface area contributed by atoms with E-state index in [2.05, 4.69) is 0 Å². The van der Waals surface area contributed by atoms with Gasteiger partial charge >= 0.3 is 6.18 Å². The van der Waals surface area contributed by atoms with Crippen molar-refractivity contribution < 1.29 is 18.3 Å². The number of hydrogen-bond acceptors (Lipinski definition) is 3. The molecule has 1 aliphatic heterocycles. The lowest BCUT2D eigenvalue weighted by Crippen LogP contribution is -2.43. The summed E-state index contributed by atoms with van der Waals surface area (Å²) in [5, 5.41) is 9.86. The number of β-amino-alcohol motifs (C(OH)–C–C–N with tert-alkyl or cyclic N) is 1. The number of halogens is 3. The van der Waals surface area contributed by atoms with Gasteiger partial charge in [-0.15, -0.1) is 0 Å². The van der Waals surface area contributed by atoms with Crippen LogP contribution in [0.2, 0.25) is 0 Å². The van der Waals surface area contributed by atoms with Crippen molar-refractivity contribution in [3.63, 3.8) is 0 Å². The fourth-order valence-corrected chi connectivity index (χ4v) is 2.49. The van der Waals surface area contributed by atoms with Crippen molar-refractivity contribution in [1.82, 2.24) is 0 Å². The maximum Gasteiger partial charge on any atom is 0.416 e. The number of aliphatic hydroxyl groups excluding tert-OH is 1. The predicted octanol–water partition coefficient (Wildman–Crippen LogP) is 2.37. The lowest BCUT2D eigenvalue weighted by Gasteiger charge is -2.36. The van der Waals surface area contributed by atoms with Crippen LogP contribution in [0.1, 0.15) is 24.5 Å². The number of alkyl halides is 3. The summed E-state index contributed by atoms with van der Waals surface area (Å²) in [5.74, 6) is 0.177. The van der Waals surface area contributed by atoms with Gasteiger partial charge in [0.2, 0.25) is 0 Å². The number of hydrogen-bond donors (Lipinski definition) is 2. The summed E-state index contributed by atoms with van der Waals surface area (Å²) in [6.07, 6.45) is -4.15. The van der Waals surface area contributed by atoms with E-state index in [1.807, 2.05) is 6.92 Å². The lowest BCUT2D eigenvalue weighted by atomic mass is 9.95. The van der Waals surface area contributed by atoms with Crippen LogP contribution < -0.4 is 10.6 Å². The second-order valence-corrected chi connectivity index (χ2v) is 5.32. The van der Waals surface area contributed by atoms with Gasteiger partial charge in [0.25, 0.3) is 0 Å². The first-order valence-electron chi connectivity index (χ1n) is 6.66. The molecule has 3 nitrogen and oxygen atoms in total. The van der Waals surface area contributed by atoms with E-state index >= 15 is 0 Å². The van der Waals surface area contributed by atoms with Gasteiger partial charge in [-0.1, -0.05) is 13.0 Å². The van der Waals surface area contributed by atoms with Crippen LogP contribution in [0, 0.1) is 5.92 Å². The fraction of sp³-hybridized carbons (Fsp3) is 0.571. The molecule has 6 heteroatoms. The molecule has 1 aromatic rings. The van der Waals surface area contributed by atoms with Gasteiger partial charge in [-0.2, -0.15) is 13.2 Å². The number of nitrogens with zero attached hydrogens (tertiary/aromatic N) is 1. The number of nitrogens with two attached hydrogens (primary N) is 1. The molecule has 1 heterocycles. The van der Waals surface area contributed by atoms with Crippen LogP contribution in [0.3, 0.4) is 0 Å². The Labute approximate surface area is 116 Å². The minimum absolute atomic E-state index is 0.0900. The maximum atomic E-state index is 13.0. The van der Waals surface area contributed by atoms with Crippen LogP contribution in [0.4, 0.5) is 18.9 Å². The Morgan fingerprint density at radius 1 is 1.40 bits per heavy atom. The number of anilines is 1. The molecule has 1 fully saturated rings. The molecule has 0 radical (unpaired) electrons. The number of aliphatic hydroxyl groups is 1. The molecule has 20 heavy (non-hydrogen) atoms. The Balaban J connectivity index is 2.30. The van der Waals surface area contributed by atoms with Gasteiger partial charge in [0, 0.05) is 25.3 Å². The Kier molecular flexibility index (Phi) is 4.25. The van der Waals surface area contributed by atoms with Gasteiger partial charge in [0.1, 0.15) is 0 Å². The fourth-order valence-electron chi connectivity index (χ4n) is 2.49. The van der Waals surface area contributed by atoms with Crippen molar-refractivity contribution in [2.75, 3.05) is 18.0 Å². The first-order valence-corrected chi connectivity index (χ1v) is 6.66. The second-order valence-electron chi connectivity index (χ2n) is 5.32. The molecule has 0 amide bonds. The molecule has 1 saturated heterocycles. The second kappa shape index (κ2) is 5.61. The predicted molar refractivity (Wildman–Crippen MR) is 71.3 cm³/mol. The van der Waals surface area contributed by atoms with Crippen LogP contribution in [0.15, 0.2) is 18.2 Å². The summed E-state index contributed by atoms with van der Waals surface area (Å²) in [6.45, 7) is 2.81. The van der Waals surface area contributed by atoms with E-state index in [-0.39, 0.29) is 18.0 Å². The average molecular weight is 288 g/mol. The van der Waals surface area contributed by atoms with E-state index < -0.39 is 17.8 Å². The topological polar surface area (TPSA) is 49.5 Å². The standard InChI is InChI=1S/C14H19F3N2O/c1-9-4-5-19(8-13(9)20)11-3-2-10(7-18)12(6-11)14(15,16)17/h2-3,6,9,13,20H,4-5,7-8,18H2,1H3. The quantitative estimate of drug-likeness (QED) is 0.878. The lowest BCUT2D eigenvalue weighted by molar-refractivity contribution is -0.138. The Morgan fingerprint density at radius 2 is 2.10 bits per heavy atom. The van der Waals surface area contributed by atoms with E-state index in [0.717, 1.165) is 12.5 Å². The largest absolute Gasteiger partial charge is 0.416 e. The summed E-state index contributed by atoms with van der Waals surface area (Å²) in [4.78, 5) is 1.79. The van der Waals surface area contributed by atoms with E-state index in [9.17, 15) is 18.3 Å². The average Bonchev–Trinajstić information content (AvgIpc) is 2.40. The molecule has 0 bridgehead atoms. The molecule has 1 aliphatic rings. The SMILES string of the molecule is CC1CCN(c2ccc(CN)c(C(F)(F)F)c2)CC1O. The van der Waals surface area contributed by atoms with Crippen molar-refractivity contribution in [2.24, 2.45) is 11.7 Å². The zero-order chi connectivity index (χ0) is 14.9. The zero-order valence-electron chi connectivity index (χ0n) is 11.3. The minimum atomic E-state index is -4.41. The van der Waals surface area contributed by atoms with Gasteiger partial charge in [-0.25, -0.2) is 0 Å². The Morgan fingerprint density at radius 3 is 2.65 bits per heavy atom. The summed E-state index contributed by atoms with van der Waals surface area (Å²) in [6, 6.07) is 4.19. The third-order valence-corrected chi connectivity index (χ3v) is 3.90. The molecular formula is C14H19F3N2O. The summed E-state index contributed by atoms with van der Waals surface area (Å²) < 4.78 is 39.0. The van der Waals surface area contributed by atoms with Crippen molar-refractivity contribution in [3.05, 3.63) is 29.3 Å². The van der Waals surface area contributed by atoms with Crippen LogP contribution in [0.25, 0.3) is 0 Å². The molecular weight excluding hydrogens is 269 g/mol. The molecule has 0 saturated carbocycles. The first-order chi connectivity index (χ1) is 9.32. The van der Waals surface area contributed by atoms with Gasteiger partial charge < -0.3 is 15.7 Å². The van der Waals surface area contributed by atoms with Crippen molar-refractivity contribution in [2.45, 2.75) is 32.2 Å². The summed E-state index contributed by atoms with van der Waals surface area (Å²) >= 11 is 0. The molecule has 2 unspecified atom stereocenters. The van der Waals surface area contributed by atoms with E-state index in [4.69, 9.17) is 5.73 Å². The monoisotopic (exact) mass is 288 g/mol. The highest BCUT2D eigenvalue weighted by molar-refractivity contribution is 5.52. The van der Waals surface area contributed by atoms with Crippen LogP contribution in [-0.4, -0.2) is 24.3 Å². The minimum Gasteiger partial charge on any atom is -0.391 e. The third-order valence-electron chi connectivity index (χ3n) is 3.90. The number of benzene rings is 1. The van der Waals surface area contributed by atoms with E-state index in [1.165, 1.54) is 6.07 Å². The van der Waals surface area contributed by atoms with E-state index in [0.29, 0.717) is 18.8 Å². The van der Waals surface area contributed by atoms with Gasteiger partial charge in [-0.05, 0) is 30.0 Å². The Hall–Kier alpha value is -1.27. The highest BCUT2D eigenvalue weighted by Gasteiger charge is 2.34. The molecule has 2 rings (SSSR count). The van der Waals surface area contributed by atoms with Crippen LogP contribution in [0.5, 0.6) is 0 Å². The molecule has 0 aliphatic carbocycles. The van der Waals surface area contributed by atoms with Gasteiger partial charge in [0.05, 0.1) is 11.7 Å². The highest BCUT2D eigenvalue weighted by Crippen LogP contribution is 2.35. The summed E-state index contributed by atoms with van der Waals surface area (Å²) in [5.41, 5.74) is 5.25. The third kappa shape index (κ3) is 3.07. The summed E-state index contributed by atoms with van der Waals surface area (Å²) in [7, 11) is 0. The molecule has 112 valence electrons. The molecule has 3 N–H and O–H groups in total. The smallest absolute Gasteiger partial charge is 0.391 e. The van der Waals surface area contributed by atoms with Gasteiger partial charge in [0.15, 0.2) is 0 Å². The normalized spacial score (nSPS) is 24.0. The zero-order valence-corrected chi connectivity index (χ0v) is 11.3. The number of piperidine rings is 1. The van der Waals surface area contributed by atoms with E-state index in [1.54, 1.807) is 11.0 Å². The molecule has 1 aromatic carbocycles. The highest BCUT2D eigenvalue weighted by atomic mass is 19.4. The van der Waals surface area contributed by atoms with Crippen molar-refractivity contribution in [1.29, 1.82) is 0 Å². The molecule has 0 aromatic heterocycles. The van der Waals surface area contributed by atoms with Crippen molar-refractivity contribution >= 4 is 5.69 Å². The maximum absolute atomic E-state index is 13.0. The molecule has 2 atom stereocenters. The Bertz CT molecular complexity index is 476.